The molecule has 33 heavy (non-hydrogen) atoms. The lowest BCUT2D eigenvalue weighted by Crippen LogP contribution is -2.32. The van der Waals surface area contributed by atoms with Crippen LogP contribution in [0.25, 0.3) is 27.7 Å². The highest BCUT2D eigenvalue weighted by molar-refractivity contribution is 5.83. The quantitative estimate of drug-likeness (QED) is 0.390. The fourth-order valence-electron chi connectivity index (χ4n) is 4.15. The van der Waals surface area contributed by atoms with Crippen molar-refractivity contribution < 1.29 is 0 Å². The van der Waals surface area contributed by atoms with Crippen molar-refractivity contribution in [1.29, 1.82) is 0 Å². The predicted octanol–water partition coefficient (Wildman–Crippen LogP) is 4.65. The molecule has 2 aromatic heterocycles. The number of hydrogen-bond donors (Lipinski definition) is 0. The van der Waals surface area contributed by atoms with E-state index < -0.39 is 0 Å². The van der Waals surface area contributed by atoms with E-state index >= 15 is 0 Å². The average Bonchev–Trinajstić information content (AvgIpc) is 3.27. The van der Waals surface area contributed by atoms with Crippen molar-refractivity contribution in [3.05, 3.63) is 113 Å². The lowest BCUT2D eigenvalue weighted by molar-refractivity contribution is 0.240. The maximum atomic E-state index is 13.0. The van der Waals surface area contributed by atoms with Gasteiger partial charge in [-0.3, -0.25) is 9.69 Å². The van der Waals surface area contributed by atoms with E-state index in [0.29, 0.717) is 18.6 Å². The predicted molar refractivity (Wildman–Crippen MR) is 131 cm³/mol. The van der Waals surface area contributed by atoms with Crippen LogP contribution < -0.4 is 5.56 Å². The molecule has 2 heterocycles. The van der Waals surface area contributed by atoms with Gasteiger partial charge in [-0.25, -0.2) is 9.36 Å². The Bertz CT molecular complexity index is 1450. The molecule has 0 fully saturated rings. The lowest BCUT2D eigenvalue weighted by Gasteiger charge is -2.18. The van der Waals surface area contributed by atoms with Gasteiger partial charge < -0.3 is 0 Å². The number of aryl methyl sites for hydroxylation is 1. The largest absolute Gasteiger partial charge is 0.283 e. The molecule has 3 aromatic carbocycles. The number of para-hydroxylation sites is 1. The van der Waals surface area contributed by atoms with Crippen molar-refractivity contribution in [1.82, 2.24) is 24.5 Å². The van der Waals surface area contributed by atoms with E-state index in [-0.39, 0.29) is 5.56 Å². The Hall–Kier alpha value is -4.03. The Kier molecular flexibility index (Phi) is 5.59. The third kappa shape index (κ3) is 4.21. The maximum absolute atomic E-state index is 13.0. The SMILES string of the molecule is Cc1nn(CN(C)Cc2cn(-c3ccccc3)nc2-c2ccccc2)c(=O)c2ccccc12. The van der Waals surface area contributed by atoms with E-state index in [9.17, 15) is 4.79 Å². The van der Waals surface area contributed by atoms with Crippen LogP contribution in [0.1, 0.15) is 11.3 Å². The van der Waals surface area contributed by atoms with Gasteiger partial charge in [0.25, 0.3) is 5.56 Å². The van der Waals surface area contributed by atoms with Crippen molar-refractivity contribution in [2.24, 2.45) is 0 Å². The Balaban J connectivity index is 1.48. The van der Waals surface area contributed by atoms with E-state index in [4.69, 9.17) is 5.10 Å². The molecule has 0 amide bonds. The number of aromatic nitrogens is 4. The minimum atomic E-state index is -0.0775. The summed E-state index contributed by atoms with van der Waals surface area (Å²) in [6, 6.07) is 27.9. The molecule has 6 heteroatoms. The van der Waals surface area contributed by atoms with Gasteiger partial charge in [0, 0.05) is 29.3 Å². The van der Waals surface area contributed by atoms with Crippen LogP contribution in [0.3, 0.4) is 0 Å². The number of hydrogen-bond acceptors (Lipinski definition) is 4. The second-order valence-electron chi connectivity index (χ2n) is 8.24. The summed E-state index contributed by atoms with van der Waals surface area (Å²) in [6.45, 7) is 2.95. The maximum Gasteiger partial charge on any atom is 0.275 e. The van der Waals surface area contributed by atoms with Gasteiger partial charge in [-0.05, 0) is 32.2 Å². The summed E-state index contributed by atoms with van der Waals surface area (Å²) in [4.78, 5) is 15.1. The molecule has 0 aliphatic carbocycles. The monoisotopic (exact) mass is 435 g/mol. The Morgan fingerprint density at radius 1 is 0.818 bits per heavy atom. The van der Waals surface area contributed by atoms with E-state index in [0.717, 1.165) is 33.6 Å². The van der Waals surface area contributed by atoms with Gasteiger partial charge in [-0.15, -0.1) is 0 Å². The Morgan fingerprint density at radius 3 is 2.18 bits per heavy atom. The molecule has 0 unspecified atom stereocenters. The molecule has 0 aliphatic rings. The molecule has 0 saturated heterocycles. The van der Waals surface area contributed by atoms with Crippen molar-refractivity contribution in [2.45, 2.75) is 20.1 Å². The summed E-state index contributed by atoms with van der Waals surface area (Å²) in [5.74, 6) is 0. The molecule has 164 valence electrons. The number of benzene rings is 3. The van der Waals surface area contributed by atoms with E-state index in [1.165, 1.54) is 0 Å². The third-order valence-corrected chi connectivity index (χ3v) is 5.73. The first-order valence-electron chi connectivity index (χ1n) is 10.9. The summed E-state index contributed by atoms with van der Waals surface area (Å²) >= 11 is 0. The molecule has 0 saturated carbocycles. The van der Waals surface area contributed by atoms with Gasteiger partial charge in [0.1, 0.15) is 0 Å². The van der Waals surface area contributed by atoms with Crippen LogP contribution in [0, 0.1) is 6.92 Å². The van der Waals surface area contributed by atoms with Crippen molar-refractivity contribution in [2.75, 3.05) is 7.05 Å². The first kappa shape index (κ1) is 20.8. The summed E-state index contributed by atoms with van der Waals surface area (Å²) in [6.07, 6.45) is 2.07. The smallest absolute Gasteiger partial charge is 0.275 e. The van der Waals surface area contributed by atoms with Crippen LogP contribution in [0.5, 0.6) is 0 Å². The average molecular weight is 436 g/mol. The van der Waals surface area contributed by atoms with Crippen LogP contribution in [0.2, 0.25) is 0 Å². The van der Waals surface area contributed by atoms with Gasteiger partial charge >= 0.3 is 0 Å². The molecule has 0 radical (unpaired) electrons. The van der Waals surface area contributed by atoms with Gasteiger partial charge in [0.05, 0.1) is 29.1 Å². The highest BCUT2D eigenvalue weighted by atomic mass is 16.1. The zero-order chi connectivity index (χ0) is 22.8. The zero-order valence-corrected chi connectivity index (χ0v) is 18.7. The van der Waals surface area contributed by atoms with Crippen molar-refractivity contribution in [3.8, 4) is 16.9 Å². The number of fused-ring (bicyclic) bond motifs is 1. The molecule has 0 atom stereocenters. The number of nitrogens with zero attached hydrogens (tertiary/aromatic N) is 5. The van der Waals surface area contributed by atoms with E-state index in [2.05, 4.69) is 28.3 Å². The minimum absolute atomic E-state index is 0.0775. The van der Waals surface area contributed by atoms with Gasteiger partial charge in [0.15, 0.2) is 0 Å². The molecular weight excluding hydrogens is 410 g/mol. The first-order valence-corrected chi connectivity index (χ1v) is 10.9. The van der Waals surface area contributed by atoms with Crippen molar-refractivity contribution >= 4 is 10.8 Å². The van der Waals surface area contributed by atoms with Crippen LogP contribution in [0.15, 0.2) is 95.9 Å². The molecule has 0 N–H and O–H groups in total. The third-order valence-electron chi connectivity index (χ3n) is 5.73. The Morgan fingerprint density at radius 2 is 1.45 bits per heavy atom. The van der Waals surface area contributed by atoms with Crippen LogP contribution >= 0.6 is 0 Å². The zero-order valence-electron chi connectivity index (χ0n) is 18.7. The molecule has 0 bridgehead atoms. The molecular formula is C27H25N5O. The molecule has 5 rings (SSSR count). The van der Waals surface area contributed by atoms with E-state index in [1.54, 1.807) is 4.68 Å². The normalized spacial score (nSPS) is 11.4. The topological polar surface area (TPSA) is 56.0 Å². The molecule has 0 spiro atoms. The fourth-order valence-corrected chi connectivity index (χ4v) is 4.15. The lowest BCUT2D eigenvalue weighted by atomic mass is 10.1. The van der Waals surface area contributed by atoms with Gasteiger partial charge in [0.2, 0.25) is 0 Å². The summed E-state index contributed by atoms with van der Waals surface area (Å²) in [5, 5.41) is 11.0. The summed E-state index contributed by atoms with van der Waals surface area (Å²) < 4.78 is 3.46. The summed E-state index contributed by atoms with van der Waals surface area (Å²) in [5.41, 5.74) is 4.85. The molecule has 6 nitrogen and oxygen atoms in total. The summed E-state index contributed by atoms with van der Waals surface area (Å²) in [7, 11) is 1.99. The fraction of sp³-hybridized carbons (Fsp3) is 0.148. The second-order valence-corrected chi connectivity index (χ2v) is 8.24. The minimum Gasteiger partial charge on any atom is -0.283 e. The highest BCUT2D eigenvalue weighted by Crippen LogP contribution is 2.24. The van der Waals surface area contributed by atoms with E-state index in [1.807, 2.05) is 91.4 Å². The first-order chi connectivity index (χ1) is 16.1. The van der Waals surface area contributed by atoms with Crippen LogP contribution in [-0.4, -0.2) is 31.5 Å². The van der Waals surface area contributed by atoms with Gasteiger partial charge in [-0.1, -0.05) is 66.7 Å². The van der Waals surface area contributed by atoms with Crippen LogP contribution in [-0.2, 0) is 13.2 Å². The second kappa shape index (κ2) is 8.84. The molecule has 5 aromatic rings. The van der Waals surface area contributed by atoms with Crippen molar-refractivity contribution in [3.63, 3.8) is 0 Å². The molecule has 0 aliphatic heterocycles. The Labute approximate surface area is 192 Å². The standard InChI is InChI=1S/C27H25N5O/c1-20-24-15-9-10-16-25(24)27(33)32(28-20)19-30(2)17-22-18-31(23-13-7-4-8-14-23)29-26(22)21-11-5-3-6-12-21/h3-16,18H,17,19H2,1-2H3. The number of rotatable bonds is 6. The highest BCUT2D eigenvalue weighted by Gasteiger charge is 2.15. The van der Waals surface area contributed by atoms with Gasteiger partial charge in [-0.2, -0.15) is 10.2 Å². The van der Waals surface area contributed by atoms with Crippen LogP contribution in [0.4, 0.5) is 0 Å².